The summed E-state index contributed by atoms with van der Waals surface area (Å²) in [5.74, 6) is -0.643. The minimum atomic E-state index is -0.379. The van der Waals surface area contributed by atoms with Gasteiger partial charge in [0.2, 0.25) is 0 Å². The van der Waals surface area contributed by atoms with Gasteiger partial charge < -0.3 is 5.32 Å². The molecule has 0 heterocycles. The van der Waals surface area contributed by atoms with Crippen LogP contribution in [-0.4, -0.2) is 5.91 Å². The molecule has 0 aromatic heterocycles. The molecular formula is C15H13BrFNO. The monoisotopic (exact) mass is 321 g/mol. The van der Waals surface area contributed by atoms with E-state index in [0.717, 1.165) is 16.8 Å². The van der Waals surface area contributed by atoms with Crippen LogP contribution in [0.2, 0.25) is 0 Å². The predicted octanol–water partition coefficient (Wildman–Crippen LogP) is 4.46. The Morgan fingerprint density at radius 3 is 2.63 bits per heavy atom. The van der Waals surface area contributed by atoms with E-state index in [1.807, 2.05) is 32.0 Å². The maximum Gasteiger partial charge on any atom is 0.256 e. The van der Waals surface area contributed by atoms with Crippen LogP contribution in [0.5, 0.6) is 0 Å². The first-order chi connectivity index (χ1) is 8.99. The molecule has 0 bridgehead atoms. The Balaban J connectivity index is 2.28. The number of carbonyl (C=O) groups excluding carboxylic acids is 1. The third kappa shape index (κ3) is 3.01. The number of hydrogen-bond donors (Lipinski definition) is 1. The molecule has 2 aromatic carbocycles. The van der Waals surface area contributed by atoms with Crippen molar-refractivity contribution >= 4 is 27.5 Å². The fourth-order valence-corrected chi connectivity index (χ4v) is 2.28. The topological polar surface area (TPSA) is 29.1 Å². The molecule has 0 spiro atoms. The molecule has 1 N–H and O–H groups in total. The number of aryl methyl sites for hydroxylation is 1. The molecule has 1 amide bonds. The van der Waals surface area contributed by atoms with Gasteiger partial charge in [-0.15, -0.1) is 0 Å². The standard InChI is InChI=1S/C15H13BrFNO/c1-9-4-3-5-14(10(9)2)18-15(19)12-7-6-11(17)8-13(12)16/h3-8H,1-2H3,(H,18,19). The highest BCUT2D eigenvalue weighted by molar-refractivity contribution is 9.10. The Labute approximate surface area is 119 Å². The summed E-state index contributed by atoms with van der Waals surface area (Å²) in [7, 11) is 0. The van der Waals surface area contributed by atoms with Crippen molar-refractivity contribution in [3.05, 3.63) is 63.4 Å². The molecule has 2 rings (SSSR count). The third-order valence-corrected chi connectivity index (χ3v) is 3.68. The SMILES string of the molecule is Cc1cccc(NC(=O)c2ccc(F)cc2Br)c1C. The highest BCUT2D eigenvalue weighted by Gasteiger charge is 2.12. The summed E-state index contributed by atoms with van der Waals surface area (Å²) >= 11 is 3.19. The van der Waals surface area contributed by atoms with Gasteiger partial charge in [-0.3, -0.25) is 4.79 Å². The van der Waals surface area contributed by atoms with Crippen molar-refractivity contribution in [2.75, 3.05) is 5.32 Å². The fraction of sp³-hybridized carbons (Fsp3) is 0.133. The maximum absolute atomic E-state index is 13.0. The van der Waals surface area contributed by atoms with Crippen LogP contribution in [0.1, 0.15) is 21.5 Å². The Morgan fingerprint density at radius 1 is 1.21 bits per heavy atom. The summed E-state index contributed by atoms with van der Waals surface area (Å²) < 4.78 is 13.4. The summed E-state index contributed by atoms with van der Waals surface area (Å²) in [5, 5.41) is 2.84. The van der Waals surface area contributed by atoms with Crippen molar-refractivity contribution in [2.45, 2.75) is 13.8 Å². The first-order valence-electron chi connectivity index (χ1n) is 5.81. The van der Waals surface area contributed by atoms with Gasteiger partial charge in [0, 0.05) is 10.2 Å². The molecular weight excluding hydrogens is 309 g/mol. The number of halogens is 2. The average Bonchev–Trinajstić information content (AvgIpc) is 2.34. The van der Waals surface area contributed by atoms with Gasteiger partial charge in [-0.25, -0.2) is 4.39 Å². The maximum atomic E-state index is 13.0. The van der Waals surface area contributed by atoms with Gasteiger partial charge in [-0.2, -0.15) is 0 Å². The van der Waals surface area contributed by atoms with Crippen molar-refractivity contribution in [1.82, 2.24) is 0 Å². The molecule has 98 valence electrons. The second kappa shape index (κ2) is 5.53. The van der Waals surface area contributed by atoms with E-state index in [-0.39, 0.29) is 11.7 Å². The van der Waals surface area contributed by atoms with Crippen molar-refractivity contribution in [1.29, 1.82) is 0 Å². The van der Waals surface area contributed by atoms with E-state index < -0.39 is 0 Å². The second-order valence-corrected chi connectivity index (χ2v) is 5.18. The van der Waals surface area contributed by atoms with Gasteiger partial charge in [0.25, 0.3) is 5.91 Å². The van der Waals surface area contributed by atoms with E-state index in [4.69, 9.17) is 0 Å². The summed E-state index contributed by atoms with van der Waals surface area (Å²) in [6.45, 7) is 3.93. The largest absolute Gasteiger partial charge is 0.322 e. The number of amides is 1. The van der Waals surface area contributed by atoms with Crippen LogP contribution < -0.4 is 5.32 Å². The number of carbonyl (C=O) groups is 1. The highest BCUT2D eigenvalue weighted by Crippen LogP contribution is 2.22. The van der Waals surface area contributed by atoms with Crippen molar-refractivity contribution in [3.8, 4) is 0 Å². The molecule has 0 saturated heterocycles. The van der Waals surface area contributed by atoms with Crippen LogP contribution >= 0.6 is 15.9 Å². The Bertz CT molecular complexity index is 640. The molecule has 4 heteroatoms. The minimum absolute atomic E-state index is 0.263. The second-order valence-electron chi connectivity index (χ2n) is 4.33. The zero-order chi connectivity index (χ0) is 14.0. The van der Waals surface area contributed by atoms with Crippen LogP contribution in [0.3, 0.4) is 0 Å². The summed E-state index contributed by atoms with van der Waals surface area (Å²) in [4.78, 5) is 12.1. The molecule has 2 aromatic rings. The van der Waals surface area contributed by atoms with Crippen LogP contribution in [0.4, 0.5) is 10.1 Å². The Kier molecular flexibility index (Phi) is 4.00. The van der Waals surface area contributed by atoms with E-state index in [2.05, 4.69) is 21.2 Å². The Hall–Kier alpha value is -1.68. The molecule has 19 heavy (non-hydrogen) atoms. The quantitative estimate of drug-likeness (QED) is 0.869. The van der Waals surface area contributed by atoms with E-state index in [1.165, 1.54) is 18.2 Å². The summed E-state index contributed by atoms with van der Waals surface area (Å²) in [6.07, 6.45) is 0. The zero-order valence-corrected chi connectivity index (χ0v) is 12.2. The smallest absolute Gasteiger partial charge is 0.256 e. The number of rotatable bonds is 2. The van der Waals surface area contributed by atoms with E-state index >= 15 is 0 Å². The minimum Gasteiger partial charge on any atom is -0.322 e. The van der Waals surface area contributed by atoms with Gasteiger partial charge >= 0.3 is 0 Å². The summed E-state index contributed by atoms with van der Waals surface area (Å²) in [6, 6.07) is 9.72. The lowest BCUT2D eigenvalue weighted by molar-refractivity contribution is 0.102. The molecule has 0 aliphatic carbocycles. The first-order valence-corrected chi connectivity index (χ1v) is 6.61. The third-order valence-electron chi connectivity index (χ3n) is 3.03. The summed E-state index contributed by atoms with van der Waals surface area (Å²) in [5.41, 5.74) is 3.30. The van der Waals surface area contributed by atoms with Crippen molar-refractivity contribution in [2.24, 2.45) is 0 Å². The van der Waals surface area contributed by atoms with Crippen molar-refractivity contribution in [3.63, 3.8) is 0 Å². The van der Waals surface area contributed by atoms with E-state index in [1.54, 1.807) is 0 Å². The molecule has 0 aliphatic heterocycles. The molecule has 0 saturated carbocycles. The number of hydrogen-bond acceptors (Lipinski definition) is 1. The average molecular weight is 322 g/mol. The molecule has 2 nitrogen and oxygen atoms in total. The molecule has 0 radical (unpaired) electrons. The lowest BCUT2D eigenvalue weighted by atomic mass is 10.1. The Morgan fingerprint density at radius 2 is 1.95 bits per heavy atom. The molecule has 0 fully saturated rings. The van der Waals surface area contributed by atoms with E-state index in [9.17, 15) is 9.18 Å². The van der Waals surface area contributed by atoms with Crippen LogP contribution in [0, 0.1) is 19.7 Å². The van der Waals surface area contributed by atoms with Gasteiger partial charge in [0.15, 0.2) is 0 Å². The number of benzene rings is 2. The molecule has 0 unspecified atom stereocenters. The molecule has 0 atom stereocenters. The van der Waals surface area contributed by atoms with Gasteiger partial charge in [0.1, 0.15) is 5.82 Å². The van der Waals surface area contributed by atoms with Crippen molar-refractivity contribution < 1.29 is 9.18 Å². The zero-order valence-electron chi connectivity index (χ0n) is 10.6. The fourth-order valence-electron chi connectivity index (χ4n) is 1.75. The number of anilines is 1. The predicted molar refractivity (Wildman–Crippen MR) is 78.0 cm³/mol. The highest BCUT2D eigenvalue weighted by atomic mass is 79.9. The van der Waals surface area contributed by atoms with Crippen LogP contribution in [0.25, 0.3) is 0 Å². The van der Waals surface area contributed by atoms with Gasteiger partial charge in [0.05, 0.1) is 5.56 Å². The van der Waals surface area contributed by atoms with E-state index in [0.29, 0.717) is 10.0 Å². The normalized spacial score (nSPS) is 10.3. The lowest BCUT2D eigenvalue weighted by Gasteiger charge is -2.11. The van der Waals surface area contributed by atoms with Crippen LogP contribution in [0.15, 0.2) is 40.9 Å². The number of nitrogens with one attached hydrogen (secondary N) is 1. The lowest BCUT2D eigenvalue weighted by Crippen LogP contribution is -2.13. The molecule has 0 aliphatic rings. The van der Waals surface area contributed by atoms with Gasteiger partial charge in [-0.05, 0) is 65.2 Å². The van der Waals surface area contributed by atoms with Gasteiger partial charge in [-0.1, -0.05) is 12.1 Å². The van der Waals surface area contributed by atoms with Crippen LogP contribution in [-0.2, 0) is 0 Å². The first kappa shape index (κ1) is 13.7.